The van der Waals surface area contributed by atoms with Gasteiger partial charge in [-0.05, 0) is 46.2 Å². The zero-order valence-electron chi connectivity index (χ0n) is 11.7. The molecular formula is C16H11F2NO2S2. The summed E-state index contributed by atoms with van der Waals surface area (Å²) in [6, 6.07) is 9.81. The van der Waals surface area contributed by atoms with Crippen molar-refractivity contribution in [1.29, 1.82) is 0 Å². The minimum atomic E-state index is -4.11. The number of halogens is 2. The van der Waals surface area contributed by atoms with Gasteiger partial charge in [0.15, 0.2) is 0 Å². The van der Waals surface area contributed by atoms with Crippen LogP contribution in [-0.2, 0) is 10.0 Å². The quantitative estimate of drug-likeness (QED) is 0.775. The smallest absolute Gasteiger partial charge is 0.225 e. The maximum atomic E-state index is 14.0. The van der Waals surface area contributed by atoms with E-state index in [0.717, 1.165) is 17.7 Å². The SMILES string of the molecule is NS(=O)(=O)c1ccc(-c2cscc2-c2cccc(F)c2)cc1F. The van der Waals surface area contributed by atoms with Gasteiger partial charge in [0.25, 0.3) is 0 Å². The average molecular weight is 351 g/mol. The van der Waals surface area contributed by atoms with Crippen LogP contribution >= 0.6 is 11.3 Å². The average Bonchev–Trinajstić information content (AvgIpc) is 2.95. The Morgan fingerprint density at radius 3 is 2.13 bits per heavy atom. The van der Waals surface area contributed by atoms with Crippen LogP contribution in [0.3, 0.4) is 0 Å². The predicted molar refractivity (Wildman–Crippen MR) is 86.5 cm³/mol. The molecule has 23 heavy (non-hydrogen) atoms. The fraction of sp³-hybridized carbons (Fsp3) is 0. The van der Waals surface area contributed by atoms with E-state index >= 15 is 0 Å². The molecule has 1 aromatic heterocycles. The highest BCUT2D eigenvalue weighted by Gasteiger charge is 2.16. The van der Waals surface area contributed by atoms with E-state index in [9.17, 15) is 17.2 Å². The molecule has 0 spiro atoms. The molecule has 0 aliphatic heterocycles. The van der Waals surface area contributed by atoms with E-state index in [-0.39, 0.29) is 5.82 Å². The van der Waals surface area contributed by atoms with E-state index in [2.05, 4.69) is 0 Å². The van der Waals surface area contributed by atoms with E-state index in [0.29, 0.717) is 16.7 Å². The fourth-order valence-corrected chi connectivity index (χ4v) is 3.75. The molecule has 0 saturated heterocycles. The van der Waals surface area contributed by atoms with Gasteiger partial charge in [-0.2, -0.15) is 11.3 Å². The fourth-order valence-electron chi connectivity index (χ4n) is 2.30. The van der Waals surface area contributed by atoms with Gasteiger partial charge in [-0.3, -0.25) is 0 Å². The Hall–Kier alpha value is -2.09. The minimum Gasteiger partial charge on any atom is -0.225 e. The summed E-state index contributed by atoms with van der Waals surface area (Å²) in [5.74, 6) is -1.28. The van der Waals surface area contributed by atoms with E-state index in [1.807, 2.05) is 5.38 Å². The summed E-state index contributed by atoms with van der Waals surface area (Å²) in [5.41, 5.74) is 2.60. The number of nitrogens with two attached hydrogens (primary N) is 1. The van der Waals surface area contributed by atoms with Crippen molar-refractivity contribution in [2.45, 2.75) is 4.90 Å². The molecule has 0 atom stereocenters. The van der Waals surface area contributed by atoms with Crippen molar-refractivity contribution in [2.24, 2.45) is 5.14 Å². The van der Waals surface area contributed by atoms with Gasteiger partial charge >= 0.3 is 0 Å². The van der Waals surface area contributed by atoms with Gasteiger partial charge in [0.2, 0.25) is 10.0 Å². The Morgan fingerprint density at radius 2 is 1.57 bits per heavy atom. The molecule has 0 unspecified atom stereocenters. The Kier molecular flexibility index (Phi) is 4.01. The predicted octanol–water partition coefficient (Wildman–Crippen LogP) is 4.01. The molecule has 0 radical (unpaired) electrons. The van der Waals surface area contributed by atoms with Crippen LogP contribution in [0.15, 0.2) is 58.1 Å². The molecule has 0 aliphatic rings. The third kappa shape index (κ3) is 3.17. The molecule has 0 fully saturated rings. The second-order valence-electron chi connectivity index (χ2n) is 4.90. The van der Waals surface area contributed by atoms with Crippen LogP contribution in [0, 0.1) is 11.6 Å². The normalized spacial score (nSPS) is 11.6. The van der Waals surface area contributed by atoms with Gasteiger partial charge in [-0.25, -0.2) is 22.3 Å². The summed E-state index contributed by atoms with van der Waals surface area (Å²) in [4.78, 5) is -0.552. The molecule has 7 heteroatoms. The highest BCUT2D eigenvalue weighted by molar-refractivity contribution is 7.89. The highest BCUT2D eigenvalue weighted by Crippen LogP contribution is 2.36. The van der Waals surface area contributed by atoms with Crippen LogP contribution in [-0.4, -0.2) is 8.42 Å². The second kappa shape index (κ2) is 5.84. The first-order valence-electron chi connectivity index (χ1n) is 6.51. The third-order valence-corrected chi connectivity index (χ3v) is 5.03. The van der Waals surface area contributed by atoms with Gasteiger partial charge in [0.1, 0.15) is 16.5 Å². The van der Waals surface area contributed by atoms with Crippen LogP contribution in [0.4, 0.5) is 8.78 Å². The standard InChI is InChI=1S/C16H11F2NO2S2/c17-12-3-1-2-10(6-12)13-8-22-9-14(13)11-4-5-16(15(18)7-11)23(19,20)21/h1-9H,(H2,19,20,21). The van der Waals surface area contributed by atoms with Gasteiger partial charge in [-0.1, -0.05) is 18.2 Å². The number of primary sulfonamides is 1. The summed E-state index contributed by atoms with van der Waals surface area (Å²) in [5, 5.41) is 8.58. The molecule has 118 valence electrons. The first-order chi connectivity index (χ1) is 10.9. The number of benzene rings is 2. The number of sulfonamides is 1. The lowest BCUT2D eigenvalue weighted by atomic mass is 9.99. The van der Waals surface area contributed by atoms with E-state index in [4.69, 9.17) is 5.14 Å². The van der Waals surface area contributed by atoms with Crippen molar-refractivity contribution in [2.75, 3.05) is 0 Å². The van der Waals surface area contributed by atoms with Crippen LogP contribution in [0.1, 0.15) is 0 Å². The van der Waals surface area contributed by atoms with Gasteiger partial charge in [0, 0.05) is 11.1 Å². The summed E-state index contributed by atoms with van der Waals surface area (Å²) in [7, 11) is -4.11. The summed E-state index contributed by atoms with van der Waals surface area (Å²) >= 11 is 1.39. The molecule has 2 aromatic carbocycles. The molecule has 0 amide bonds. The van der Waals surface area contributed by atoms with E-state index in [1.54, 1.807) is 17.5 Å². The monoisotopic (exact) mass is 351 g/mol. The first-order valence-corrected chi connectivity index (χ1v) is 9.00. The van der Waals surface area contributed by atoms with Crippen LogP contribution in [0.2, 0.25) is 0 Å². The topological polar surface area (TPSA) is 60.2 Å². The van der Waals surface area contributed by atoms with E-state index in [1.165, 1.54) is 29.5 Å². The zero-order chi connectivity index (χ0) is 16.6. The van der Waals surface area contributed by atoms with Crippen LogP contribution < -0.4 is 5.14 Å². The van der Waals surface area contributed by atoms with Crippen molar-refractivity contribution < 1.29 is 17.2 Å². The minimum absolute atomic E-state index is 0.365. The number of thiophene rings is 1. The number of rotatable bonds is 3. The van der Waals surface area contributed by atoms with Gasteiger partial charge in [-0.15, -0.1) is 0 Å². The largest absolute Gasteiger partial charge is 0.240 e. The molecule has 2 N–H and O–H groups in total. The summed E-state index contributed by atoms with van der Waals surface area (Å²) in [6.45, 7) is 0. The molecule has 0 saturated carbocycles. The third-order valence-electron chi connectivity index (χ3n) is 3.35. The Labute approximate surface area is 136 Å². The maximum Gasteiger partial charge on any atom is 0.240 e. The molecule has 0 aliphatic carbocycles. The van der Waals surface area contributed by atoms with Crippen molar-refractivity contribution in [1.82, 2.24) is 0 Å². The first kappa shape index (κ1) is 15.8. The molecular weight excluding hydrogens is 340 g/mol. The second-order valence-corrected chi connectivity index (χ2v) is 7.17. The lowest BCUT2D eigenvalue weighted by Crippen LogP contribution is -2.13. The number of hydrogen-bond acceptors (Lipinski definition) is 3. The summed E-state index contributed by atoms with van der Waals surface area (Å²) < 4.78 is 50.0. The van der Waals surface area contributed by atoms with Crippen molar-refractivity contribution in [3.8, 4) is 22.3 Å². The lowest BCUT2D eigenvalue weighted by Gasteiger charge is -2.07. The Balaban J connectivity index is 2.11. The highest BCUT2D eigenvalue weighted by atomic mass is 32.2. The van der Waals surface area contributed by atoms with Gasteiger partial charge in [0.05, 0.1) is 0 Å². The molecule has 3 aromatic rings. The Bertz CT molecular complexity index is 981. The van der Waals surface area contributed by atoms with Crippen LogP contribution in [0.25, 0.3) is 22.3 Å². The molecule has 3 rings (SSSR count). The zero-order valence-corrected chi connectivity index (χ0v) is 13.3. The Morgan fingerprint density at radius 1 is 0.913 bits per heavy atom. The van der Waals surface area contributed by atoms with E-state index < -0.39 is 20.7 Å². The maximum absolute atomic E-state index is 14.0. The van der Waals surface area contributed by atoms with Crippen molar-refractivity contribution in [3.63, 3.8) is 0 Å². The molecule has 3 nitrogen and oxygen atoms in total. The summed E-state index contributed by atoms with van der Waals surface area (Å²) in [6.07, 6.45) is 0. The number of hydrogen-bond donors (Lipinski definition) is 1. The molecule has 0 bridgehead atoms. The van der Waals surface area contributed by atoms with Gasteiger partial charge < -0.3 is 0 Å². The van der Waals surface area contributed by atoms with Crippen molar-refractivity contribution >= 4 is 21.4 Å². The molecule has 1 heterocycles. The van der Waals surface area contributed by atoms with Crippen molar-refractivity contribution in [3.05, 3.63) is 64.9 Å². The lowest BCUT2D eigenvalue weighted by molar-refractivity contribution is 0.568. The van der Waals surface area contributed by atoms with Crippen LogP contribution in [0.5, 0.6) is 0 Å².